The van der Waals surface area contributed by atoms with Crippen LogP contribution >= 0.6 is 23.5 Å². The number of hydrogen-bond donors (Lipinski definition) is 3. The van der Waals surface area contributed by atoms with E-state index in [0.717, 1.165) is 5.56 Å². The number of thioether (sulfide) groups is 2. The van der Waals surface area contributed by atoms with Crippen molar-refractivity contribution in [2.45, 2.75) is 41.2 Å². The van der Waals surface area contributed by atoms with Crippen LogP contribution in [0.2, 0.25) is 0 Å². The van der Waals surface area contributed by atoms with E-state index in [9.17, 15) is 18.0 Å². The van der Waals surface area contributed by atoms with E-state index < -0.39 is 21.8 Å². The standard InChI is InChI=1S/C12H16N6O4S2.C7H8O3S/c1-3-12(13)8(19)18-7(22-11(20)21)6(4-23-9(12)18)5-24-10-14-15-16-17(10)2;1-6-2-4-7(5-3-6)11(8,9)10/h9H,3-5,13H2,1-2H3,(H,20,21);2-5H,1H3,(H,8,9,10)/t9-,12?;/m0./s1. The molecule has 35 heavy (non-hydrogen) atoms. The molecule has 2 aromatic rings. The Hall–Kier alpha value is -2.66. The molecule has 0 radical (unpaired) electrons. The summed E-state index contributed by atoms with van der Waals surface area (Å²) >= 11 is 2.84. The van der Waals surface area contributed by atoms with Crippen LogP contribution in [0.5, 0.6) is 0 Å². The molecule has 0 saturated carbocycles. The predicted octanol–water partition coefficient (Wildman–Crippen LogP) is 1.47. The summed E-state index contributed by atoms with van der Waals surface area (Å²) < 4.78 is 36.0. The van der Waals surface area contributed by atoms with E-state index in [2.05, 4.69) is 15.5 Å². The lowest BCUT2D eigenvalue weighted by Crippen LogP contribution is -2.77. The molecular weight excluding hydrogens is 520 g/mol. The number of aryl methyl sites for hydroxylation is 2. The number of benzene rings is 1. The SMILES string of the molecule is CCC1(N)C(=O)N2C(OC(=O)O)=C(CSc3nnnn3C)CS[C@H]21.Cc1ccc(S(=O)(=O)O)cc1. The molecule has 1 amide bonds. The molecule has 1 aromatic carbocycles. The topological polar surface area (TPSA) is 191 Å². The number of nitrogens with two attached hydrogens (primary N) is 1. The molecule has 13 nitrogen and oxygen atoms in total. The third-order valence-electron chi connectivity index (χ3n) is 5.27. The molecule has 1 fully saturated rings. The summed E-state index contributed by atoms with van der Waals surface area (Å²) in [5.74, 6) is 0.674. The van der Waals surface area contributed by atoms with Crippen LogP contribution in [-0.2, 0) is 26.7 Å². The molecule has 1 aromatic heterocycles. The number of rotatable bonds is 6. The van der Waals surface area contributed by atoms with Crippen LogP contribution in [0.3, 0.4) is 0 Å². The second-order valence-corrected chi connectivity index (χ2v) is 11.1. The molecule has 190 valence electrons. The first-order valence-corrected chi connectivity index (χ1v) is 13.6. The maximum atomic E-state index is 12.4. The van der Waals surface area contributed by atoms with Crippen LogP contribution in [0.4, 0.5) is 4.79 Å². The highest BCUT2D eigenvalue weighted by Gasteiger charge is 2.61. The summed E-state index contributed by atoms with van der Waals surface area (Å²) in [6.45, 7) is 3.68. The number of carbonyl (C=O) groups excluding carboxylic acids is 1. The zero-order valence-corrected chi connectivity index (χ0v) is 21.4. The fourth-order valence-electron chi connectivity index (χ4n) is 3.27. The summed E-state index contributed by atoms with van der Waals surface area (Å²) in [7, 11) is -2.31. The Morgan fingerprint density at radius 2 is 2.03 bits per heavy atom. The van der Waals surface area contributed by atoms with Gasteiger partial charge in [0.25, 0.3) is 16.0 Å². The Kier molecular flexibility index (Phi) is 8.10. The highest BCUT2D eigenvalue weighted by atomic mass is 32.2. The van der Waals surface area contributed by atoms with Crippen molar-refractivity contribution in [3.63, 3.8) is 0 Å². The Labute approximate surface area is 209 Å². The fourth-order valence-corrected chi connectivity index (χ4v) is 6.22. The second-order valence-electron chi connectivity index (χ2n) is 7.67. The number of nitrogens with zero attached hydrogens (tertiary/aromatic N) is 5. The van der Waals surface area contributed by atoms with Crippen LogP contribution in [-0.4, -0.2) is 77.7 Å². The monoisotopic (exact) mass is 544 g/mol. The summed E-state index contributed by atoms with van der Waals surface area (Å²) in [6, 6.07) is 5.99. The molecule has 1 unspecified atom stereocenters. The van der Waals surface area contributed by atoms with Gasteiger partial charge in [-0.05, 0) is 35.9 Å². The average molecular weight is 545 g/mol. The molecular formula is C19H24N6O7S3. The van der Waals surface area contributed by atoms with Gasteiger partial charge < -0.3 is 15.6 Å². The van der Waals surface area contributed by atoms with Crippen LogP contribution in [0.1, 0.15) is 18.9 Å². The molecule has 0 bridgehead atoms. The molecule has 2 aliphatic heterocycles. The number of carbonyl (C=O) groups is 2. The van der Waals surface area contributed by atoms with Gasteiger partial charge in [-0.1, -0.05) is 36.4 Å². The molecule has 2 atom stereocenters. The lowest BCUT2D eigenvalue weighted by Gasteiger charge is -2.55. The zero-order chi connectivity index (χ0) is 26.0. The number of β-lactam (4-membered cyclic amide) rings is 1. The molecule has 2 aliphatic rings. The highest BCUT2D eigenvalue weighted by Crippen LogP contribution is 2.47. The summed E-state index contributed by atoms with van der Waals surface area (Å²) in [5.41, 5.74) is 6.82. The van der Waals surface area contributed by atoms with Crippen molar-refractivity contribution in [1.82, 2.24) is 25.1 Å². The second kappa shape index (κ2) is 10.5. The third-order valence-corrected chi connectivity index (χ3v) is 8.70. The zero-order valence-electron chi connectivity index (χ0n) is 19.0. The van der Waals surface area contributed by atoms with E-state index in [1.165, 1.54) is 45.2 Å². The number of amides is 1. The van der Waals surface area contributed by atoms with E-state index in [4.69, 9.17) is 20.1 Å². The molecule has 4 N–H and O–H groups in total. The van der Waals surface area contributed by atoms with Gasteiger partial charge in [-0.2, -0.15) is 8.42 Å². The lowest BCUT2D eigenvalue weighted by atomic mass is 9.86. The fraction of sp³-hybridized carbons (Fsp3) is 0.421. The minimum Gasteiger partial charge on any atom is -0.449 e. The van der Waals surface area contributed by atoms with Gasteiger partial charge in [0.1, 0.15) is 10.9 Å². The first kappa shape index (κ1) is 26.9. The third kappa shape index (κ3) is 5.78. The van der Waals surface area contributed by atoms with E-state index in [1.54, 1.807) is 19.2 Å². The van der Waals surface area contributed by atoms with Gasteiger partial charge in [-0.3, -0.25) is 14.2 Å². The van der Waals surface area contributed by atoms with E-state index in [-0.39, 0.29) is 22.1 Å². The van der Waals surface area contributed by atoms with Crippen molar-refractivity contribution < 1.29 is 32.4 Å². The number of hydrogen-bond acceptors (Lipinski definition) is 11. The number of fused-ring (bicyclic) bond motifs is 1. The van der Waals surface area contributed by atoms with Crippen molar-refractivity contribution in [1.29, 1.82) is 0 Å². The van der Waals surface area contributed by atoms with Crippen molar-refractivity contribution in [2.24, 2.45) is 12.8 Å². The van der Waals surface area contributed by atoms with E-state index >= 15 is 0 Å². The molecule has 3 heterocycles. The maximum absolute atomic E-state index is 12.4. The number of aromatic nitrogens is 4. The first-order valence-electron chi connectivity index (χ1n) is 10.1. The van der Waals surface area contributed by atoms with Crippen LogP contribution < -0.4 is 5.73 Å². The molecule has 0 aliphatic carbocycles. The van der Waals surface area contributed by atoms with Gasteiger partial charge in [0, 0.05) is 24.1 Å². The maximum Gasteiger partial charge on any atom is 0.512 e. The Bertz CT molecular complexity index is 1250. The quantitative estimate of drug-likeness (QED) is 0.205. The minimum absolute atomic E-state index is 0.0633. The largest absolute Gasteiger partial charge is 0.512 e. The number of carboxylic acid groups (broad SMARTS) is 1. The van der Waals surface area contributed by atoms with Crippen molar-refractivity contribution >= 4 is 45.7 Å². The Balaban J connectivity index is 0.000000261. The van der Waals surface area contributed by atoms with Gasteiger partial charge in [-0.25, -0.2) is 9.48 Å². The molecule has 16 heteroatoms. The van der Waals surface area contributed by atoms with Gasteiger partial charge in [0.05, 0.1) is 4.90 Å². The van der Waals surface area contributed by atoms with Crippen LogP contribution in [0, 0.1) is 6.92 Å². The summed E-state index contributed by atoms with van der Waals surface area (Å²) in [5, 5.41) is 20.4. The van der Waals surface area contributed by atoms with Crippen LogP contribution in [0.25, 0.3) is 0 Å². The van der Waals surface area contributed by atoms with Gasteiger partial charge >= 0.3 is 6.16 Å². The lowest BCUT2D eigenvalue weighted by molar-refractivity contribution is -0.153. The van der Waals surface area contributed by atoms with Gasteiger partial charge in [0.2, 0.25) is 11.0 Å². The predicted molar refractivity (Wildman–Crippen MR) is 127 cm³/mol. The van der Waals surface area contributed by atoms with E-state index in [0.29, 0.717) is 28.7 Å². The number of ether oxygens (including phenoxy) is 1. The van der Waals surface area contributed by atoms with Crippen molar-refractivity contribution in [2.75, 3.05) is 11.5 Å². The Morgan fingerprint density at radius 3 is 2.54 bits per heavy atom. The normalized spacial score (nSPS) is 21.6. The van der Waals surface area contributed by atoms with Crippen molar-refractivity contribution in [3.8, 4) is 0 Å². The van der Waals surface area contributed by atoms with E-state index in [1.807, 2.05) is 13.8 Å². The molecule has 1 saturated heterocycles. The first-order chi connectivity index (χ1) is 16.4. The minimum atomic E-state index is -4.02. The highest BCUT2D eigenvalue weighted by molar-refractivity contribution is 8.01. The van der Waals surface area contributed by atoms with Crippen LogP contribution in [0.15, 0.2) is 45.8 Å². The number of tetrazole rings is 1. The Morgan fingerprint density at radius 1 is 1.37 bits per heavy atom. The molecule has 4 rings (SSSR count). The summed E-state index contributed by atoms with van der Waals surface area (Å²) in [4.78, 5) is 24.7. The van der Waals surface area contributed by atoms with Gasteiger partial charge in [0.15, 0.2) is 0 Å². The van der Waals surface area contributed by atoms with Crippen molar-refractivity contribution in [3.05, 3.63) is 41.3 Å². The summed E-state index contributed by atoms with van der Waals surface area (Å²) in [6.07, 6.45) is -0.980. The average Bonchev–Trinajstić information content (AvgIpc) is 3.21. The smallest absolute Gasteiger partial charge is 0.449 e. The van der Waals surface area contributed by atoms with Gasteiger partial charge in [-0.15, -0.1) is 16.9 Å². The molecule has 0 spiro atoms.